The number of halogens is 3. The van der Waals surface area contributed by atoms with Gasteiger partial charge in [0.1, 0.15) is 11.8 Å². The molecule has 2 aromatic rings. The minimum Gasteiger partial charge on any atom is -0.492 e. The molecule has 0 aromatic heterocycles. The Bertz CT molecular complexity index is 1020. The average molecular weight is 442 g/mol. The lowest BCUT2D eigenvalue weighted by molar-refractivity contribution is -0.139. The Morgan fingerprint density at radius 3 is 2.53 bits per heavy atom. The Morgan fingerprint density at radius 2 is 1.83 bits per heavy atom. The molecule has 1 amide bonds. The molecule has 162 valence electrons. The van der Waals surface area contributed by atoms with Crippen LogP contribution in [0.25, 0.3) is 0 Å². The monoisotopic (exact) mass is 442 g/mol. The van der Waals surface area contributed by atoms with E-state index in [1.54, 1.807) is 31.2 Å². The van der Waals surface area contributed by atoms with Crippen molar-refractivity contribution in [2.24, 2.45) is 0 Å². The van der Waals surface area contributed by atoms with Crippen LogP contribution in [0.3, 0.4) is 0 Å². The van der Waals surface area contributed by atoms with Crippen molar-refractivity contribution >= 4 is 21.6 Å². The Hall–Kier alpha value is -2.59. The molecule has 1 heterocycles. The minimum atomic E-state index is -4.84. The number of benzene rings is 2. The summed E-state index contributed by atoms with van der Waals surface area (Å²) in [7, 11) is -4.54. The Morgan fingerprint density at radius 1 is 1.17 bits per heavy atom. The fourth-order valence-corrected chi connectivity index (χ4v) is 5.28. The van der Waals surface area contributed by atoms with Crippen LogP contribution >= 0.6 is 0 Å². The zero-order chi connectivity index (χ0) is 21.9. The largest absolute Gasteiger partial charge is 0.492 e. The van der Waals surface area contributed by atoms with E-state index < -0.39 is 38.6 Å². The van der Waals surface area contributed by atoms with Crippen molar-refractivity contribution < 1.29 is 31.1 Å². The fourth-order valence-electron chi connectivity index (χ4n) is 3.41. The predicted octanol–water partition coefficient (Wildman–Crippen LogP) is 3.90. The van der Waals surface area contributed by atoms with Crippen LogP contribution in [0.4, 0.5) is 18.9 Å². The number of hydrogen-bond acceptors (Lipinski definition) is 4. The molecule has 1 saturated heterocycles. The number of amides is 1. The Balaban J connectivity index is 1.90. The summed E-state index contributed by atoms with van der Waals surface area (Å²) < 4.78 is 72.5. The lowest BCUT2D eigenvalue weighted by atomic mass is 10.2. The van der Waals surface area contributed by atoms with Crippen LogP contribution in [-0.2, 0) is 21.0 Å². The van der Waals surface area contributed by atoms with E-state index in [9.17, 15) is 26.4 Å². The quantitative estimate of drug-likeness (QED) is 0.737. The summed E-state index contributed by atoms with van der Waals surface area (Å²) in [6.45, 7) is 2.10. The van der Waals surface area contributed by atoms with Crippen LogP contribution in [0, 0.1) is 0 Å². The molecule has 1 atom stereocenters. The van der Waals surface area contributed by atoms with Gasteiger partial charge in [-0.1, -0.05) is 24.3 Å². The van der Waals surface area contributed by atoms with Gasteiger partial charge < -0.3 is 10.1 Å². The summed E-state index contributed by atoms with van der Waals surface area (Å²) >= 11 is 0. The number of nitrogens with one attached hydrogen (secondary N) is 1. The molecule has 0 aliphatic carbocycles. The smallest absolute Gasteiger partial charge is 0.417 e. The van der Waals surface area contributed by atoms with Gasteiger partial charge in [-0.15, -0.1) is 0 Å². The Kier molecular flexibility index (Phi) is 6.37. The molecule has 2 aromatic carbocycles. The zero-order valence-corrected chi connectivity index (χ0v) is 17.0. The van der Waals surface area contributed by atoms with Crippen LogP contribution in [0.2, 0.25) is 0 Å². The van der Waals surface area contributed by atoms with Crippen molar-refractivity contribution in [3.8, 4) is 5.75 Å². The molecular weight excluding hydrogens is 421 g/mol. The number of carbonyl (C=O) groups excluding carboxylic acids is 1. The number of alkyl halides is 3. The molecule has 3 rings (SSSR count). The number of sulfonamides is 1. The van der Waals surface area contributed by atoms with Crippen LogP contribution in [0.15, 0.2) is 53.4 Å². The van der Waals surface area contributed by atoms with E-state index >= 15 is 0 Å². The number of para-hydroxylation sites is 2. The van der Waals surface area contributed by atoms with Gasteiger partial charge in [0.05, 0.1) is 22.8 Å². The number of carbonyl (C=O) groups is 1. The second-order valence-electron chi connectivity index (χ2n) is 6.69. The van der Waals surface area contributed by atoms with Gasteiger partial charge in [0.15, 0.2) is 0 Å². The molecule has 1 unspecified atom stereocenters. The predicted molar refractivity (Wildman–Crippen MR) is 105 cm³/mol. The maximum atomic E-state index is 13.3. The molecule has 0 spiro atoms. The highest BCUT2D eigenvalue weighted by molar-refractivity contribution is 7.89. The molecule has 10 heteroatoms. The highest BCUT2D eigenvalue weighted by Gasteiger charge is 2.44. The third kappa shape index (κ3) is 4.44. The Labute approximate surface area is 172 Å². The molecule has 0 saturated carbocycles. The minimum absolute atomic E-state index is 0.0419. The van der Waals surface area contributed by atoms with Crippen LogP contribution < -0.4 is 10.1 Å². The van der Waals surface area contributed by atoms with Gasteiger partial charge in [0, 0.05) is 6.54 Å². The molecular formula is C20H21F3N2O4S. The molecule has 1 aliphatic rings. The average Bonchev–Trinajstić information content (AvgIpc) is 3.20. The number of nitrogens with zero attached hydrogens (tertiary/aromatic N) is 1. The molecule has 1 aliphatic heterocycles. The highest BCUT2D eigenvalue weighted by Crippen LogP contribution is 2.37. The summed E-state index contributed by atoms with van der Waals surface area (Å²) in [5.74, 6) is -0.198. The van der Waals surface area contributed by atoms with Crippen molar-refractivity contribution in [3.63, 3.8) is 0 Å². The lowest BCUT2D eigenvalue weighted by Gasteiger charge is -2.25. The number of ether oxygens (including phenoxy) is 1. The first kappa shape index (κ1) is 22.1. The lowest BCUT2D eigenvalue weighted by Crippen LogP contribution is -2.43. The van der Waals surface area contributed by atoms with Crippen LogP contribution in [0.5, 0.6) is 5.75 Å². The van der Waals surface area contributed by atoms with Crippen molar-refractivity contribution in [2.45, 2.75) is 36.9 Å². The zero-order valence-electron chi connectivity index (χ0n) is 16.1. The van der Waals surface area contributed by atoms with Gasteiger partial charge in [0.25, 0.3) is 0 Å². The second kappa shape index (κ2) is 8.65. The molecule has 30 heavy (non-hydrogen) atoms. The van der Waals surface area contributed by atoms with Crippen molar-refractivity contribution in [2.75, 3.05) is 18.5 Å². The van der Waals surface area contributed by atoms with E-state index in [4.69, 9.17) is 4.74 Å². The van der Waals surface area contributed by atoms with Crippen LogP contribution in [-0.4, -0.2) is 37.8 Å². The first-order valence-corrected chi connectivity index (χ1v) is 10.8. The van der Waals surface area contributed by atoms with Gasteiger partial charge in [0.2, 0.25) is 15.9 Å². The maximum absolute atomic E-state index is 13.3. The van der Waals surface area contributed by atoms with E-state index in [-0.39, 0.29) is 13.0 Å². The fraction of sp³-hybridized carbons (Fsp3) is 0.350. The molecule has 1 N–H and O–H groups in total. The van der Waals surface area contributed by atoms with Crippen molar-refractivity contribution in [1.82, 2.24) is 4.31 Å². The van der Waals surface area contributed by atoms with E-state index in [0.717, 1.165) is 22.5 Å². The van der Waals surface area contributed by atoms with Gasteiger partial charge >= 0.3 is 6.18 Å². The molecule has 0 bridgehead atoms. The van der Waals surface area contributed by atoms with Crippen LogP contribution in [0.1, 0.15) is 25.3 Å². The summed E-state index contributed by atoms with van der Waals surface area (Å²) in [6.07, 6.45) is -4.27. The number of anilines is 1. The summed E-state index contributed by atoms with van der Waals surface area (Å²) in [5.41, 5.74) is -0.887. The standard InChI is InChI=1S/C20H21F3N2O4S/c1-2-29-17-11-5-4-9-15(17)24-19(26)16-10-7-13-25(16)30(27,28)18-12-6-3-8-14(18)20(21,22)23/h3-6,8-9,11-12,16H,2,7,10,13H2,1H3,(H,24,26). The first-order valence-electron chi connectivity index (χ1n) is 9.37. The molecule has 1 fully saturated rings. The van der Waals surface area contributed by atoms with E-state index in [2.05, 4.69) is 5.32 Å². The van der Waals surface area contributed by atoms with E-state index in [1.165, 1.54) is 6.07 Å². The third-order valence-corrected chi connectivity index (χ3v) is 6.70. The van der Waals surface area contributed by atoms with Gasteiger partial charge in [-0.3, -0.25) is 4.79 Å². The van der Waals surface area contributed by atoms with Gasteiger partial charge in [-0.25, -0.2) is 8.42 Å². The number of hydrogen-bond donors (Lipinski definition) is 1. The molecule has 0 radical (unpaired) electrons. The van der Waals surface area contributed by atoms with Crippen molar-refractivity contribution in [3.05, 3.63) is 54.1 Å². The second-order valence-corrected chi connectivity index (χ2v) is 8.55. The van der Waals surface area contributed by atoms with Gasteiger partial charge in [-0.2, -0.15) is 17.5 Å². The number of rotatable bonds is 6. The summed E-state index contributed by atoms with van der Waals surface area (Å²) in [6, 6.07) is 9.53. The first-order chi connectivity index (χ1) is 14.2. The van der Waals surface area contributed by atoms with E-state index in [1.807, 2.05) is 0 Å². The maximum Gasteiger partial charge on any atom is 0.417 e. The summed E-state index contributed by atoms with van der Waals surface area (Å²) in [5, 5.41) is 2.64. The normalized spacial score (nSPS) is 17.7. The third-order valence-electron chi connectivity index (χ3n) is 4.73. The SMILES string of the molecule is CCOc1ccccc1NC(=O)C1CCCN1S(=O)(=O)c1ccccc1C(F)(F)F. The topological polar surface area (TPSA) is 75.7 Å². The molecule has 6 nitrogen and oxygen atoms in total. The summed E-state index contributed by atoms with van der Waals surface area (Å²) in [4.78, 5) is 12.0. The van der Waals surface area contributed by atoms with Crippen molar-refractivity contribution in [1.29, 1.82) is 0 Å². The highest BCUT2D eigenvalue weighted by atomic mass is 32.2. The van der Waals surface area contributed by atoms with E-state index in [0.29, 0.717) is 24.5 Å². The van der Waals surface area contributed by atoms with Gasteiger partial charge in [-0.05, 0) is 44.0 Å².